The lowest BCUT2D eigenvalue weighted by molar-refractivity contribution is -0.123. The first-order valence-corrected chi connectivity index (χ1v) is 8.44. The first-order chi connectivity index (χ1) is 11.1. The standard InChI is InChI=1S/C16H30N4O4/c1-5-19(15(23)24-16(2,3)4)11-8-18-14(22)20-9-6-12(7-10-20)13(17)21/h12H,5-11H2,1-4H3,(H2,17,21)(H,18,22). The number of amides is 4. The summed E-state index contributed by atoms with van der Waals surface area (Å²) in [5, 5.41) is 2.80. The third-order valence-corrected chi connectivity index (χ3v) is 3.88. The molecule has 0 aromatic carbocycles. The smallest absolute Gasteiger partial charge is 0.410 e. The average Bonchev–Trinajstić information content (AvgIpc) is 2.49. The Morgan fingerprint density at radius 2 is 1.83 bits per heavy atom. The summed E-state index contributed by atoms with van der Waals surface area (Å²) in [4.78, 5) is 38.5. The lowest BCUT2D eigenvalue weighted by Crippen LogP contribution is -2.48. The molecule has 8 nitrogen and oxygen atoms in total. The maximum atomic E-state index is 12.1. The Bertz CT molecular complexity index is 453. The molecule has 0 bridgehead atoms. The Labute approximate surface area is 143 Å². The zero-order chi connectivity index (χ0) is 18.3. The van der Waals surface area contributed by atoms with Gasteiger partial charge in [0, 0.05) is 38.6 Å². The highest BCUT2D eigenvalue weighted by molar-refractivity contribution is 5.78. The van der Waals surface area contributed by atoms with Crippen LogP contribution in [0.3, 0.4) is 0 Å². The Kier molecular flexibility index (Phi) is 7.31. The Balaban J connectivity index is 2.34. The SMILES string of the molecule is CCN(CCNC(=O)N1CCC(C(N)=O)CC1)C(=O)OC(C)(C)C. The first kappa shape index (κ1) is 20.1. The monoisotopic (exact) mass is 342 g/mol. The summed E-state index contributed by atoms with van der Waals surface area (Å²) in [5.74, 6) is -0.442. The zero-order valence-corrected chi connectivity index (χ0v) is 15.1. The molecule has 0 aromatic heterocycles. The van der Waals surface area contributed by atoms with Crippen LogP contribution in [0.1, 0.15) is 40.5 Å². The molecule has 8 heteroatoms. The molecule has 0 unspecified atom stereocenters. The van der Waals surface area contributed by atoms with Crippen LogP contribution in [0, 0.1) is 5.92 Å². The van der Waals surface area contributed by atoms with Crippen molar-refractivity contribution in [2.45, 2.75) is 46.1 Å². The number of carbonyl (C=O) groups excluding carboxylic acids is 3. The summed E-state index contributed by atoms with van der Waals surface area (Å²) < 4.78 is 5.32. The molecular weight excluding hydrogens is 312 g/mol. The number of hydrogen-bond acceptors (Lipinski definition) is 4. The molecule has 4 amide bonds. The number of nitrogens with one attached hydrogen (secondary N) is 1. The van der Waals surface area contributed by atoms with Gasteiger partial charge in [-0.3, -0.25) is 4.79 Å². The van der Waals surface area contributed by atoms with Crippen molar-refractivity contribution in [1.82, 2.24) is 15.1 Å². The van der Waals surface area contributed by atoms with E-state index in [0.29, 0.717) is 45.6 Å². The van der Waals surface area contributed by atoms with E-state index in [4.69, 9.17) is 10.5 Å². The average molecular weight is 342 g/mol. The summed E-state index contributed by atoms with van der Waals surface area (Å²) in [6, 6.07) is -0.182. The van der Waals surface area contributed by atoms with E-state index in [-0.39, 0.29) is 23.9 Å². The second-order valence-corrected chi connectivity index (χ2v) is 6.96. The number of likely N-dealkylation sites (N-methyl/N-ethyl adjacent to an activating group) is 1. The van der Waals surface area contributed by atoms with Crippen LogP contribution in [0.2, 0.25) is 0 Å². The van der Waals surface area contributed by atoms with Gasteiger partial charge in [0.2, 0.25) is 5.91 Å². The molecule has 3 N–H and O–H groups in total. The van der Waals surface area contributed by atoms with Crippen molar-refractivity contribution < 1.29 is 19.1 Å². The topological polar surface area (TPSA) is 105 Å². The van der Waals surface area contributed by atoms with Gasteiger partial charge in [-0.2, -0.15) is 0 Å². The molecule has 1 fully saturated rings. The molecule has 0 saturated carbocycles. The molecule has 1 aliphatic heterocycles. The minimum Gasteiger partial charge on any atom is -0.444 e. The fourth-order valence-electron chi connectivity index (χ4n) is 2.48. The van der Waals surface area contributed by atoms with E-state index in [2.05, 4.69) is 5.32 Å². The van der Waals surface area contributed by atoms with Crippen molar-refractivity contribution in [3.8, 4) is 0 Å². The van der Waals surface area contributed by atoms with E-state index in [1.807, 2.05) is 27.7 Å². The second-order valence-electron chi connectivity index (χ2n) is 6.96. The quantitative estimate of drug-likeness (QED) is 0.782. The number of hydrogen-bond donors (Lipinski definition) is 2. The number of piperidine rings is 1. The Morgan fingerprint density at radius 1 is 1.25 bits per heavy atom. The highest BCUT2D eigenvalue weighted by Gasteiger charge is 2.26. The molecule has 0 atom stereocenters. The summed E-state index contributed by atoms with van der Waals surface area (Å²) in [6.45, 7) is 9.58. The van der Waals surface area contributed by atoms with Crippen molar-refractivity contribution in [3.63, 3.8) is 0 Å². The fourth-order valence-corrected chi connectivity index (χ4v) is 2.48. The van der Waals surface area contributed by atoms with Gasteiger partial charge in [-0.15, -0.1) is 0 Å². The van der Waals surface area contributed by atoms with Gasteiger partial charge in [-0.05, 0) is 40.5 Å². The van der Waals surface area contributed by atoms with E-state index in [1.165, 1.54) is 0 Å². The normalized spacial score (nSPS) is 15.8. The maximum Gasteiger partial charge on any atom is 0.410 e. The van der Waals surface area contributed by atoms with Crippen LogP contribution in [-0.2, 0) is 9.53 Å². The van der Waals surface area contributed by atoms with Gasteiger partial charge < -0.3 is 25.6 Å². The van der Waals surface area contributed by atoms with E-state index in [1.54, 1.807) is 9.80 Å². The van der Waals surface area contributed by atoms with Gasteiger partial charge in [-0.1, -0.05) is 0 Å². The maximum absolute atomic E-state index is 12.1. The Hall–Kier alpha value is -1.99. The van der Waals surface area contributed by atoms with E-state index in [0.717, 1.165) is 0 Å². The van der Waals surface area contributed by atoms with Crippen molar-refractivity contribution >= 4 is 18.0 Å². The minimum absolute atomic E-state index is 0.142. The molecule has 1 heterocycles. The number of nitrogens with zero attached hydrogens (tertiary/aromatic N) is 2. The van der Waals surface area contributed by atoms with Crippen LogP contribution in [0.5, 0.6) is 0 Å². The highest BCUT2D eigenvalue weighted by atomic mass is 16.6. The molecule has 1 rings (SSSR count). The Morgan fingerprint density at radius 3 is 2.29 bits per heavy atom. The number of rotatable bonds is 5. The van der Waals surface area contributed by atoms with Crippen LogP contribution in [0.25, 0.3) is 0 Å². The van der Waals surface area contributed by atoms with Crippen molar-refractivity contribution in [2.75, 3.05) is 32.7 Å². The lowest BCUT2D eigenvalue weighted by atomic mass is 9.96. The zero-order valence-electron chi connectivity index (χ0n) is 15.1. The summed E-state index contributed by atoms with van der Waals surface area (Å²) >= 11 is 0. The number of ether oxygens (including phenoxy) is 1. The van der Waals surface area contributed by atoms with Gasteiger partial charge in [0.05, 0.1) is 0 Å². The van der Waals surface area contributed by atoms with E-state index >= 15 is 0 Å². The highest BCUT2D eigenvalue weighted by Crippen LogP contribution is 2.16. The lowest BCUT2D eigenvalue weighted by Gasteiger charge is -2.31. The van der Waals surface area contributed by atoms with E-state index in [9.17, 15) is 14.4 Å². The predicted molar refractivity (Wildman–Crippen MR) is 90.4 cm³/mol. The number of carbonyl (C=O) groups is 3. The molecule has 0 radical (unpaired) electrons. The molecule has 24 heavy (non-hydrogen) atoms. The number of primary amides is 1. The molecule has 0 aromatic rings. The van der Waals surface area contributed by atoms with Crippen molar-refractivity contribution in [2.24, 2.45) is 11.7 Å². The third-order valence-electron chi connectivity index (χ3n) is 3.88. The first-order valence-electron chi connectivity index (χ1n) is 8.44. The fraction of sp³-hybridized carbons (Fsp3) is 0.812. The summed E-state index contributed by atoms with van der Waals surface area (Å²) in [6.07, 6.45) is 0.810. The van der Waals surface area contributed by atoms with Gasteiger partial charge in [0.15, 0.2) is 0 Å². The molecular formula is C16H30N4O4. The van der Waals surface area contributed by atoms with Crippen LogP contribution >= 0.6 is 0 Å². The number of urea groups is 1. The van der Waals surface area contributed by atoms with Crippen molar-refractivity contribution in [3.05, 3.63) is 0 Å². The molecule has 0 spiro atoms. The molecule has 1 aliphatic rings. The van der Waals surface area contributed by atoms with Gasteiger partial charge >= 0.3 is 12.1 Å². The van der Waals surface area contributed by atoms with Crippen LogP contribution in [-0.4, -0.2) is 66.2 Å². The van der Waals surface area contributed by atoms with Gasteiger partial charge in [0.1, 0.15) is 5.60 Å². The summed E-state index contributed by atoms with van der Waals surface area (Å²) in [7, 11) is 0. The van der Waals surface area contributed by atoms with E-state index < -0.39 is 5.60 Å². The minimum atomic E-state index is -0.543. The molecule has 0 aliphatic carbocycles. The van der Waals surface area contributed by atoms with Crippen LogP contribution in [0.4, 0.5) is 9.59 Å². The number of likely N-dealkylation sites (tertiary alicyclic amines) is 1. The van der Waals surface area contributed by atoms with Crippen LogP contribution in [0.15, 0.2) is 0 Å². The third kappa shape index (κ3) is 6.64. The second kappa shape index (κ2) is 8.75. The number of nitrogens with two attached hydrogens (primary N) is 1. The largest absolute Gasteiger partial charge is 0.444 e. The van der Waals surface area contributed by atoms with Gasteiger partial charge in [-0.25, -0.2) is 9.59 Å². The van der Waals surface area contributed by atoms with Gasteiger partial charge in [0.25, 0.3) is 0 Å². The molecule has 138 valence electrons. The summed E-state index contributed by atoms with van der Waals surface area (Å²) in [5.41, 5.74) is 4.74. The molecule has 1 saturated heterocycles. The van der Waals surface area contributed by atoms with Crippen molar-refractivity contribution in [1.29, 1.82) is 0 Å². The van der Waals surface area contributed by atoms with Crippen LogP contribution < -0.4 is 11.1 Å². The predicted octanol–water partition coefficient (Wildman–Crippen LogP) is 1.15.